The first-order chi connectivity index (χ1) is 24.7. The van der Waals surface area contributed by atoms with E-state index in [-0.39, 0.29) is 0 Å². The Morgan fingerprint density at radius 2 is 1.24 bits per heavy atom. The van der Waals surface area contributed by atoms with Gasteiger partial charge in [0.25, 0.3) is 0 Å². The summed E-state index contributed by atoms with van der Waals surface area (Å²) in [5.74, 6) is 0. The Morgan fingerprint density at radius 1 is 0.520 bits per heavy atom. The molecule has 50 heavy (non-hydrogen) atoms. The Labute approximate surface area is 289 Å². The number of para-hydroxylation sites is 2. The van der Waals surface area contributed by atoms with Gasteiger partial charge in [-0.15, -0.1) is 0 Å². The van der Waals surface area contributed by atoms with Gasteiger partial charge in [0.2, 0.25) is 0 Å². The molecule has 2 heterocycles. The number of hydrogen-bond acceptors (Lipinski definition) is 3. The minimum Gasteiger partial charge on any atom is -0.310 e. The van der Waals surface area contributed by atoms with Crippen LogP contribution in [0, 0.1) is 34.0 Å². The smallest absolute Gasteiger partial charge is 0.0998 e. The summed E-state index contributed by atoms with van der Waals surface area (Å²) in [6.45, 7) is 0. The van der Waals surface area contributed by atoms with Gasteiger partial charge in [0.1, 0.15) is 0 Å². The fourth-order valence-electron chi connectivity index (χ4n) is 7.80. The van der Waals surface area contributed by atoms with Crippen molar-refractivity contribution in [3.8, 4) is 51.8 Å². The van der Waals surface area contributed by atoms with E-state index in [9.17, 15) is 15.8 Å². The van der Waals surface area contributed by atoms with Gasteiger partial charge in [0.05, 0.1) is 57.1 Å². The fourth-order valence-corrected chi connectivity index (χ4v) is 7.80. The Morgan fingerprint density at radius 3 is 2.04 bits per heavy atom. The zero-order valence-electron chi connectivity index (χ0n) is 26.9. The van der Waals surface area contributed by atoms with Crippen LogP contribution in [0.3, 0.4) is 0 Å². The zero-order chi connectivity index (χ0) is 33.8. The number of rotatable bonds is 4. The number of aromatic nitrogens is 2. The van der Waals surface area contributed by atoms with Gasteiger partial charge in [-0.2, -0.15) is 15.8 Å². The molecule has 0 aliphatic heterocycles. The van der Waals surface area contributed by atoms with Crippen molar-refractivity contribution < 1.29 is 0 Å². The van der Waals surface area contributed by atoms with Crippen LogP contribution < -0.4 is 0 Å². The summed E-state index contributed by atoms with van der Waals surface area (Å²) < 4.78 is 4.45. The minimum absolute atomic E-state index is 0.530. The predicted octanol–water partition coefficient (Wildman–Crippen LogP) is 10.6. The highest BCUT2D eigenvalue weighted by Gasteiger charge is 2.23. The lowest BCUT2D eigenvalue weighted by atomic mass is 9.89. The molecule has 5 heteroatoms. The van der Waals surface area contributed by atoms with Crippen LogP contribution in [0.25, 0.3) is 72.4 Å². The molecule has 232 valence electrons. The van der Waals surface area contributed by atoms with Gasteiger partial charge >= 0.3 is 0 Å². The molecule has 2 aromatic heterocycles. The van der Waals surface area contributed by atoms with Crippen LogP contribution in [0.15, 0.2) is 133 Å². The second-order valence-electron chi connectivity index (χ2n) is 12.6. The standard InChI is InChI=1S/C45H27N5/c46-26-29-20-23-43-39(24-29)37-14-5-8-18-42(37)50(43)44-19-9-10-30(27-47)45(44)38-15-2-1-11-34(38)33-22-21-32(25-31(33)28-48)49-40-16-6-3-12-35(40)36-13-4-7-17-41(36)49/h1-3,5-12,14-25H,4,13H2. The molecule has 0 radical (unpaired) electrons. The number of aryl methyl sites for hydroxylation is 1. The van der Waals surface area contributed by atoms with E-state index in [2.05, 4.69) is 82.0 Å². The molecule has 1 aliphatic rings. The maximum atomic E-state index is 10.6. The Hall–Kier alpha value is -7.13. The highest BCUT2D eigenvalue weighted by atomic mass is 15.0. The largest absolute Gasteiger partial charge is 0.310 e. The summed E-state index contributed by atoms with van der Waals surface area (Å²) in [5.41, 5.74) is 12.3. The number of benzene rings is 6. The van der Waals surface area contributed by atoms with Crippen LogP contribution in [0.1, 0.15) is 34.4 Å². The van der Waals surface area contributed by atoms with Gasteiger partial charge in [0, 0.05) is 38.7 Å². The van der Waals surface area contributed by atoms with E-state index in [1.807, 2.05) is 84.9 Å². The van der Waals surface area contributed by atoms with E-state index in [4.69, 9.17) is 0 Å². The van der Waals surface area contributed by atoms with Crippen molar-refractivity contribution in [2.45, 2.75) is 12.8 Å². The van der Waals surface area contributed by atoms with E-state index in [1.165, 1.54) is 10.9 Å². The van der Waals surface area contributed by atoms with Crippen molar-refractivity contribution in [2.24, 2.45) is 0 Å². The lowest BCUT2D eigenvalue weighted by Crippen LogP contribution is -2.02. The minimum atomic E-state index is 0.530. The molecule has 9 rings (SSSR count). The Balaban J connectivity index is 1.28. The van der Waals surface area contributed by atoms with Crippen LogP contribution in [0.5, 0.6) is 0 Å². The summed E-state index contributed by atoms with van der Waals surface area (Å²) >= 11 is 0. The third-order valence-electron chi connectivity index (χ3n) is 9.93. The average molecular weight is 638 g/mol. The van der Waals surface area contributed by atoms with E-state index >= 15 is 0 Å². The van der Waals surface area contributed by atoms with Gasteiger partial charge in [-0.05, 0) is 90.2 Å². The predicted molar refractivity (Wildman–Crippen MR) is 200 cm³/mol. The first-order valence-corrected chi connectivity index (χ1v) is 16.6. The number of allylic oxidation sites excluding steroid dienone is 1. The molecule has 0 atom stereocenters. The number of nitriles is 3. The Kier molecular flexibility index (Phi) is 6.70. The molecule has 0 saturated heterocycles. The van der Waals surface area contributed by atoms with Gasteiger partial charge < -0.3 is 9.13 Å². The van der Waals surface area contributed by atoms with E-state index < -0.39 is 0 Å². The first kappa shape index (κ1) is 29.0. The topological polar surface area (TPSA) is 81.2 Å². The monoisotopic (exact) mass is 637 g/mol. The molecular formula is C45H27N5. The number of nitrogens with zero attached hydrogens (tertiary/aromatic N) is 5. The third kappa shape index (κ3) is 4.30. The first-order valence-electron chi connectivity index (χ1n) is 16.6. The van der Waals surface area contributed by atoms with Crippen molar-refractivity contribution in [1.29, 1.82) is 15.8 Å². The molecule has 0 fully saturated rings. The molecule has 5 nitrogen and oxygen atoms in total. The van der Waals surface area contributed by atoms with Crippen LogP contribution >= 0.6 is 0 Å². The van der Waals surface area contributed by atoms with Crippen molar-refractivity contribution >= 4 is 38.8 Å². The van der Waals surface area contributed by atoms with Crippen molar-refractivity contribution in [3.05, 3.63) is 161 Å². The molecule has 0 unspecified atom stereocenters. The van der Waals surface area contributed by atoms with Crippen LogP contribution in [0.2, 0.25) is 0 Å². The van der Waals surface area contributed by atoms with Gasteiger partial charge in [-0.1, -0.05) is 78.9 Å². The normalized spacial score (nSPS) is 12.1. The SMILES string of the molecule is N#Cc1ccc2c(c1)c1ccccc1n2-c1cccc(C#N)c1-c1ccccc1-c1ccc(-n2c3c(c4ccccc42)CCC=C3)cc1C#N. The van der Waals surface area contributed by atoms with Crippen molar-refractivity contribution in [2.75, 3.05) is 0 Å². The molecule has 0 N–H and O–H groups in total. The average Bonchev–Trinajstić information content (AvgIpc) is 3.70. The van der Waals surface area contributed by atoms with Gasteiger partial charge in [-0.25, -0.2) is 0 Å². The van der Waals surface area contributed by atoms with Crippen molar-refractivity contribution in [3.63, 3.8) is 0 Å². The molecule has 0 spiro atoms. The summed E-state index contributed by atoms with van der Waals surface area (Å²) in [6, 6.07) is 49.6. The molecule has 6 aromatic carbocycles. The quantitative estimate of drug-likeness (QED) is 0.193. The number of hydrogen-bond donors (Lipinski definition) is 0. The summed E-state index contributed by atoms with van der Waals surface area (Å²) in [6.07, 6.45) is 6.42. The van der Waals surface area contributed by atoms with E-state index in [0.29, 0.717) is 16.7 Å². The second-order valence-corrected chi connectivity index (χ2v) is 12.6. The van der Waals surface area contributed by atoms with Gasteiger partial charge in [-0.3, -0.25) is 0 Å². The molecule has 8 aromatic rings. The lowest BCUT2D eigenvalue weighted by Gasteiger charge is -2.19. The zero-order valence-corrected chi connectivity index (χ0v) is 26.9. The van der Waals surface area contributed by atoms with E-state index in [1.54, 1.807) is 0 Å². The Bertz CT molecular complexity index is 2860. The summed E-state index contributed by atoms with van der Waals surface area (Å²) in [5, 5.41) is 34.1. The van der Waals surface area contributed by atoms with Crippen LogP contribution in [-0.4, -0.2) is 9.13 Å². The highest BCUT2D eigenvalue weighted by Crippen LogP contribution is 2.43. The van der Waals surface area contributed by atoms with Gasteiger partial charge in [0.15, 0.2) is 0 Å². The molecule has 0 amide bonds. The highest BCUT2D eigenvalue weighted by molar-refractivity contribution is 6.10. The lowest BCUT2D eigenvalue weighted by molar-refractivity contribution is 0.967. The van der Waals surface area contributed by atoms with E-state index in [0.717, 1.165) is 79.5 Å². The number of fused-ring (bicyclic) bond motifs is 6. The summed E-state index contributed by atoms with van der Waals surface area (Å²) in [4.78, 5) is 0. The molecule has 0 saturated carbocycles. The molecular weight excluding hydrogens is 611 g/mol. The molecule has 1 aliphatic carbocycles. The third-order valence-corrected chi connectivity index (χ3v) is 9.93. The van der Waals surface area contributed by atoms with Crippen LogP contribution in [-0.2, 0) is 6.42 Å². The maximum Gasteiger partial charge on any atom is 0.0998 e. The second kappa shape index (κ2) is 11.5. The summed E-state index contributed by atoms with van der Waals surface area (Å²) in [7, 11) is 0. The van der Waals surface area contributed by atoms with Crippen LogP contribution in [0.4, 0.5) is 0 Å². The van der Waals surface area contributed by atoms with Crippen molar-refractivity contribution in [1.82, 2.24) is 9.13 Å². The molecule has 0 bridgehead atoms. The maximum absolute atomic E-state index is 10.6. The fraction of sp³-hybridized carbons (Fsp3) is 0.0444.